The van der Waals surface area contributed by atoms with Crippen LogP contribution < -0.4 is 0 Å². The molecule has 0 fully saturated rings. The lowest BCUT2D eigenvalue weighted by atomic mass is 10.4. The summed E-state index contributed by atoms with van der Waals surface area (Å²) < 4.78 is 13.5. The largest absolute Gasteiger partial charge is 0.459 e. The van der Waals surface area contributed by atoms with Gasteiger partial charge in [0.1, 0.15) is 0 Å². The van der Waals surface area contributed by atoms with Crippen LogP contribution in [0.5, 0.6) is 0 Å². The van der Waals surface area contributed by atoms with Crippen molar-refractivity contribution in [3.05, 3.63) is 17.5 Å². The molecule has 0 radical (unpaired) electrons. The first-order valence-electron chi connectivity index (χ1n) is 5.27. The van der Waals surface area contributed by atoms with E-state index in [0.29, 0.717) is 0 Å². The molecule has 1 amide bonds. The highest BCUT2D eigenvalue weighted by molar-refractivity contribution is 6.65. The zero-order valence-corrected chi connectivity index (χ0v) is 12.1. The summed E-state index contributed by atoms with van der Waals surface area (Å²) in [4.78, 5) is 12.2. The first kappa shape index (κ1) is 13.9. The van der Waals surface area contributed by atoms with Crippen molar-refractivity contribution >= 4 is 14.8 Å². The highest BCUT2D eigenvalue weighted by atomic mass is 28.4. The summed E-state index contributed by atoms with van der Waals surface area (Å²) in [6.07, 6.45) is 0. The lowest BCUT2D eigenvalue weighted by Gasteiger charge is -2.31. The van der Waals surface area contributed by atoms with Gasteiger partial charge in [0.15, 0.2) is 0 Å². The van der Waals surface area contributed by atoms with Crippen LogP contribution in [0.25, 0.3) is 0 Å². The Balaban J connectivity index is 3.01. The van der Waals surface area contributed by atoms with Crippen molar-refractivity contribution in [3.8, 4) is 0 Å². The molecule has 0 aliphatic rings. The number of aryl methyl sites for hydroxylation is 2. The molecule has 0 bridgehead atoms. The standard InChI is InChI=1S/C10H19N3O3Si/c1-8-7-9(2)13(11-8)10(14)12(3)17(6,15-4)16-5/h7H,1-6H3. The molecule has 6 nitrogen and oxygen atoms in total. The molecular formula is C10H19N3O3Si. The molecule has 0 aliphatic carbocycles. The van der Waals surface area contributed by atoms with Crippen LogP contribution in [0.2, 0.25) is 6.55 Å². The van der Waals surface area contributed by atoms with Crippen LogP contribution in [0.15, 0.2) is 6.07 Å². The number of nitrogens with zero attached hydrogens (tertiary/aromatic N) is 3. The molecule has 0 unspecified atom stereocenters. The minimum Gasteiger partial charge on any atom is -0.382 e. The number of amides is 1. The van der Waals surface area contributed by atoms with Crippen LogP contribution in [-0.2, 0) is 8.85 Å². The van der Waals surface area contributed by atoms with E-state index in [-0.39, 0.29) is 6.03 Å². The Morgan fingerprint density at radius 2 is 1.94 bits per heavy atom. The van der Waals surface area contributed by atoms with Gasteiger partial charge in [-0.1, -0.05) is 0 Å². The summed E-state index contributed by atoms with van der Waals surface area (Å²) >= 11 is 0. The zero-order valence-electron chi connectivity index (χ0n) is 11.1. The Hall–Kier alpha value is -1.18. The molecule has 17 heavy (non-hydrogen) atoms. The molecule has 1 rings (SSSR count). The third kappa shape index (κ3) is 2.56. The fraction of sp³-hybridized carbons (Fsp3) is 0.600. The van der Waals surface area contributed by atoms with Gasteiger partial charge < -0.3 is 13.4 Å². The maximum absolute atomic E-state index is 12.2. The monoisotopic (exact) mass is 257 g/mol. The Labute approximate surface area is 102 Å². The average Bonchev–Trinajstić information content (AvgIpc) is 2.65. The van der Waals surface area contributed by atoms with E-state index in [4.69, 9.17) is 8.85 Å². The van der Waals surface area contributed by atoms with Gasteiger partial charge >= 0.3 is 14.8 Å². The van der Waals surface area contributed by atoms with E-state index in [2.05, 4.69) is 5.10 Å². The predicted molar refractivity (Wildman–Crippen MR) is 65.9 cm³/mol. The van der Waals surface area contributed by atoms with Gasteiger partial charge in [-0.05, 0) is 26.5 Å². The van der Waals surface area contributed by atoms with Gasteiger partial charge in [0.25, 0.3) is 0 Å². The first-order chi connectivity index (χ1) is 7.85. The normalized spacial score (nSPS) is 11.6. The van der Waals surface area contributed by atoms with E-state index in [0.717, 1.165) is 11.4 Å². The minimum atomic E-state index is -2.64. The summed E-state index contributed by atoms with van der Waals surface area (Å²) in [5.41, 5.74) is 1.60. The molecule has 7 heteroatoms. The van der Waals surface area contributed by atoms with Crippen LogP contribution >= 0.6 is 0 Å². The minimum absolute atomic E-state index is 0.242. The smallest absolute Gasteiger partial charge is 0.382 e. The van der Waals surface area contributed by atoms with Gasteiger partial charge in [-0.3, -0.25) is 0 Å². The SMILES string of the molecule is CO[Si](C)(OC)N(C)C(=O)n1nc(C)cc1C. The van der Waals surface area contributed by atoms with Crippen LogP contribution in [0.4, 0.5) is 4.79 Å². The lowest BCUT2D eigenvalue weighted by Crippen LogP contribution is -2.57. The zero-order chi connectivity index (χ0) is 13.2. The van der Waals surface area contributed by atoms with E-state index in [1.807, 2.05) is 19.9 Å². The molecular weight excluding hydrogens is 238 g/mol. The van der Waals surface area contributed by atoms with Crippen LogP contribution in [0, 0.1) is 13.8 Å². The summed E-state index contributed by atoms with van der Waals surface area (Å²) in [6.45, 7) is 5.49. The van der Waals surface area contributed by atoms with E-state index >= 15 is 0 Å². The third-order valence-electron chi connectivity index (χ3n) is 2.84. The maximum Gasteiger partial charge on any atom is 0.459 e. The molecule has 0 aromatic carbocycles. The van der Waals surface area contributed by atoms with Crippen LogP contribution in [0.1, 0.15) is 11.4 Å². The highest BCUT2D eigenvalue weighted by Crippen LogP contribution is 2.12. The number of carbonyl (C=O) groups is 1. The summed E-state index contributed by atoms with van der Waals surface area (Å²) in [5.74, 6) is 0. The van der Waals surface area contributed by atoms with Gasteiger partial charge in [0.2, 0.25) is 0 Å². The summed E-state index contributed by atoms with van der Waals surface area (Å²) in [7, 11) is 2.11. The molecule has 0 N–H and O–H groups in total. The Morgan fingerprint density at radius 1 is 1.41 bits per heavy atom. The molecule has 1 aromatic rings. The van der Waals surface area contributed by atoms with Gasteiger partial charge in [-0.15, -0.1) is 0 Å². The Bertz CT molecular complexity index is 415. The van der Waals surface area contributed by atoms with E-state index in [1.54, 1.807) is 27.8 Å². The molecule has 1 heterocycles. The molecule has 0 atom stereocenters. The third-order valence-corrected chi connectivity index (χ3v) is 5.77. The molecule has 1 aromatic heterocycles. The number of hydrogen-bond acceptors (Lipinski definition) is 4. The molecule has 0 saturated heterocycles. The second kappa shape index (κ2) is 4.99. The van der Waals surface area contributed by atoms with E-state index in [1.165, 1.54) is 9.25 Å². The van der Waals surface area contributed by atoms with E-state index < -0.39 is 8.72 Å². The van der Waals surface area contributed by atoms with Crippen molar-refractivity contribution in [1.29, 1.82) is 0 Å². The second-order valence-corrected chi connectivity index (χ2v) is 7.27. The van der Waals surface area contributed by atoms with Crippen molar-refractivity contribution in [2.75, 3.05) is 21.3 Å². The van der Waals surface area contributed by atoms with E-state index in [9.17, 15) is 4.79 Å². The van der Waals surface area contributed by atoms with Crippen molar-refractivity contribution in [3.63, 3.8) is 0 Å². The number of carbonyl (C=O) groups excluding carboxylic acids is 1. The molecule has 0 spiro atoms. The lowest BCUT2D eigenvalue weighted by molar-refractivity contribution is 0.174. The maximum atomic E-state index is 12.2. The highest BCUT2D eigenvalue weighted by Gasteiger charge is 2.40. The number of hydrogen-bond donors (Lipinski definition) is 0. The van der Waals surface area contributed by atoms with Gasteiger partial charge in [0.05, 0.1) is 5.69 Å². The Kier molecular flexibility index (Phi) is 4.07. The molecule has 0 saturated carbocycles. The Morgan fingerprint density at radius 3 is 2.29 bits per heavy atom. The fourth-order valence-corrected chi connectivity index (χ4v) is 2.65. The van der Waals surface area contributed by atoms with Gasteiger partial charge in [-0.25, -0.2) is 4.79 Å². The predicted octanol–water partition coefficient (Wildman–Crippen LogP) is 1.26. The molecule has 96 valence electrons. The summed E-state index contributed by atoms with van der Waals surface area (Å²) in [6, 6.07) is 1.61. The number of rotatable bonds is 3. The van der Waals surface area contributed by atoms with Gasteiger partial charge in [0, 0.05) is 27.0 Å². The second-order valence-electron chi connectivity index (χ2n) is 3.99. The van der Waals surface area contributed by atoms with Crippen molar-refractivity contribution in [1.82, 2.24) is 14.3 Å². The molecule has 0 aliphatic heterocycles. The number of aromatic nitrogens is 2. The summed E-state index contributed by atoms with van der Waals surface area (Å²) in [5, 5.41) is 4.15. The van der Waals surface area contributed by atoms with Crippen LogP contribution in [-0.4, -0.2) is 50.4 Å². The fourth-order valence-electron chi connectivity index (χ4n) is 1.50. The first-order valence-corrected chi connectivity index (χ1v) is 7.54. The topological polar surface area (TPSA) is 56.6 Å². The van der Waals surface area contributed by atoms with Gasteiger partial charge in [-0.2, -0.15) is 9.78 Å². The van der Waals surface area contributed by atoms with Crippen molar-refractivity contribution < 1.29 is 13.6 Å². The quantitative estimate of drug-likeness (QED) is 0.765. The van der Waals surface area contributed by atoms with Crippen molar-refractivity contribution in [2.24, 2.45) is 0 Å². The average molecular weight is 257 g/mol. The van der Waals surface area contributed by atoms with Crippen molar-refractivity contribution in [2.45, 2.75) is 20.4 Å². The van der Waals surface area contributed by atoms with Crippen LogP contribution in [0.3, 0.4) is 0 Å².